The topological polar surface area (TPSA) is 18.5 Å². The lowest BCUT2D eigenvalue weighted by Gasteiger charge is -2.19. The molecule has 1 aliphatic rings. The standard InChI is InChI=1S/C16H24O2/c1-16(2,3)13-6-8-15(9-7-13)18-12-10-14-5-4-11-17-14/h6-9,14H,4-5,10-12H2,1-3H3. The first-order valence-corrected chi connectivity index (χ1v) is 6.91. The highest BCUT2D eigenvalue weighted by Gasteiger charge is 2.15. The van der Waals surface area contributed by atoms with Gasteiger partial charge in [-0.2, -0.15) is 0 Å². The van der Waals surface area contributed by atoms with Crippen LogP contribution in [0.1, 0.15) is 45.6 Å². The first kappa shape index (κ1) is 13.4. The van der Waals surface area contributed by atoms with Gasteiger partial charge in [-0.15, -0.1) is 0 Å². The van der Waals surface area contributed by atoms with Crippen LogP contribution in [0, 0.1) is 0 Å². The van der Waals surface area contributed by atoms with Gasteiger partial charge >= 0.3 is 0 Å². The molecule has 1 aliphatic heterocycles. The largest absolute Gasteiger partial charge is 0.493 e. The Kier molecular flexibility index (Phi) is 4.28. The fourth-order valence-electron chi connectivity index (χ4n) is 2.23. The van der Waals surface area contributed by atoms with Crippen LogP contribution in [-0.2, 0) is 10.2 Å². The minimum atomic E-state index is 0.205. The molecule has 1 unspecified atom stereocenters. The summed E-state index contributed by atoms with van der Waals surface area (Å²) < 4.78 is 11.3. The monoisotopic (exact) mass is 248 g/mol. The smallest absolute Gasteiger partial charge is 0.119 e. The second-order valence-electron chi connectivity index (χ2n) is 6.05. The Morgan fingerprint density at radius 1 is 1.22 bits per heavy atom. The zero-order valence-corrected chi connectivity index (χ0v) is 11.7. The van der Waals surface area contributed by atoms with Crippen LogP contribution in [0.15, 0.2) is 24.3 Å². The maximum absolute atomic E-state index is 5.76. The van der Waals surface area contributed by atoms with Crippen molar-refractivity contribution in [3.05, 3.63) is 29.8 Å². The maximum atomic E-state index is 5.76. The van der Waals surface area contributed by atoms with Gasteiger partial charge in [0.05, 0.1) is 12.7 Å². The highest BCUT2D eigenvalue weighted by Crippen LogP contribution is 2.24. The molecule has 1 atom stereocenters. The summed E-state index contributed by atoms with van der Waals surface area (Å²) in [6.45, 7) is 8.34. The van der Waals surface area contributed by atoms with Crippen molar-refractivity contribution < 1.29 is 9.47 Å². The fourth-order valence-corrected chi connectivity index (χ4v) is 2.23. The Hall–Kier alpha value is -1.02. The molecule has 100 valence electrons. The molecule has 0 amide bonds. The summed E-state index contributed by atoms with van der Waals surface area (Å²) in [5, 5.41) is 0. The van der Waals surface area contributed by atoms with E-state index in [4.69, 9.17) is 9.47 Å². The van der Waals surface area contributed by atoms with Gasteiger partial charge in [0.1, 0.15) is 5.75 Å². The lowest BCUT2D eigenvalue weighted by atomic mass is 9.87. The lowest BCUT2D eigenvalue weighted by molar-refractivity contribution is 0.0903. The summed E-state index contributed by atoms with van der Waals surface area (Å²) in [4.78, 5) is 0. The van der Waals surface area contributed by atoms with Crippen LogP contribution in [0.25, 0.3) is 0 Å². The van der Waals surface area contributed by atoms with E-state index < -0.39 is 0 Å². The molecule has 0 radical (unpaired) electrons. The molecule has 1 aromatic rings. The van der Waals surface area contributed by atoms with Crippen LogP contribution >= 0.6 is 0 Å². The van der Waals surface area contributed by atoms with Gasteiger partial charge in [-0.05, 0) is 36.0 Å². The van der Waals surface area contributed by atoms with E-state index >= 15 is 0 Å². The van der Waals surface area contributed by atoms with E-state index in [9.17, 15) is 0 Å². The number of hydrogen-bond acceptors (Lipinski definition) is 2. The highest BCUT2D eigenvalue weighted by molar-refractivity contribution is 5.31. The maximum Gasteiger partial charge on any atom is 0.119 e. The van der Waals surface area contributed by atoms with E-state index in [0.717, 1.165) is 25.4 Å². The van der Waals surface area contributed by atoms with Gasteiger partial charge in [0.15, 0.2) is 0 Å². The van der Waals surface area contributed by atoms with Crippen molar-refractivity contribution in [1.82, 2.24) is 0 Å². The van der Waals surface area contributed by atoms with Gasteiger partial charge in [-0.3, -0.25) is 0 Å². The molecule has 2 rings (SSSR count). The molecule has 0 aromatic heterocycles. The summed E-state index contributed by atoms with van der Waals surface area (Å²) in [5.74, 6) is 0.959. The molecule has 1 saturated heterocycles. The molecular weight excluding hydrogens is 224 g/mol. The van der Waals surface area contributed by atoms with Crippen molar-refractivity contribution in [1.29, 1.82) is 0 Å². The molecule has 0 bridgehead atoms. The zero-order chi connectivity index (χ0) is 13.0. The number of benzene rings is 1. The van der Waals surface area contributed by atoms with Gasteiger partial charge in [0.2, 0.25) is 0 Å². The summed E-state index contributed by atoms with van der Waals surface area (Å²) in [6.07, 6.45) is 3.80. The average molecular weight is 248 g/mol. The SMILES string of the molecule is CC(C)(C)c1ccc(OCCC2CCCO2)cc1. The molecule has 18 heavy (non-hydrogen) atoms. The summed E-state index contributed by atoms with van der Waals surface area (Å²) >= 11 is 0. The van der Waals surface area contributed by atoms with Crippen LogP contribution in [-0.4, -0.2) is 19.3 Å². The molecule has 2 nitrogen and oxygen atoms in total. The quantitative estimate of drug-likeness (QED) is 0.803. The molecule has 1 heterocycles. The Morgan fingerprint density at radius 3 is 2.50 bits per heavy atom. The normalized spacial score (nSPS) is 20.1. The molecule has 1 fully saturated rings. The second kappa shape index (κ2) is 5.75. The van der Waals surface area contributed by atoms with Crippen molar-refractivity contribution in [2.24, 2.45) is 0 Å². The average Bonchev–Trinajstić information content (AvgIpc) is 2.82. The summed E-state index contributed by atoms with van der Waals surface area (Å²) in [6, 6.07) is 8.44. The number of rotatable bonds is 4. The van der Waals surface area contributed by atoms with E-state index in [2.05, 4.69) is 45.0 Å². The molecule has 2 heteroatoms. The molecule has 0 saturated carbocycles. The fraction of sp³-hybridized carbons (Fsp3) is 0.625. The van der Waals surface area contributed by atoms with Crippen LogP contribution in [0.2, 0.25) is 0 Å². The highest BCUT2D eigenvalue weighted by atomic mass is 16.5. The third-order valence-electron chi connectivity index (χ3n) is 3.45. The third-order valence-corrected chi connectivity index (χ3v) is 3.45. The minimum Gasteiger partial charge on any atom is -0.493 e. The van der Waals surface area contributed by atoms with Crippen LogP contribution in [0.4, 0.5) is 0 Å². The Bertz CT molecular complexity index is 356. The molecule has 1 aromatic carbocycles. The molecular formula is C16H24O2. The van der Waals surface area contributed by atoms with Crippen molar-refractivity contribution in [2.75, 3.05) is 13.2 Å². The van der Waals surface area contributed by atoms with Crippen LogP contribution in [0.5, 0.6) is 5.75 Å². The Morgan fingerprint density at radius 2 is 1.94 bits per heavy atom. The third kappa shape index (κ3) is 3.74. The number of hydrogen-bond donors (Lipinski definition) is 0. The van der Waals surface area contributed by atoms with E-state index in [-0.39, 0.29) is 5.41 Å². The van der Waals surface area contributed by atoms with Crippen LogP contribution in [0.3, 0.4) is 0 Å². The van der Waals surface area contributed by atoms with Gasteiger partial charge in [0.25, 0.3) is 0 Å². The first-order valence-electron chi connectivity index (χ1n) is 6.91. The van der Waals surface area contributed by atoms with Crippen molar-refractivity contribution in [3.63, 3.8) is 0 Å². The van der Waals surface area contributed by atoms with Crippen molar-refractivity contribution in [3.8, 4) is 5.75 Å². The van der Waals surface area contributed by atoms with Gasteiger partial charge in [-0.25, -0.2) is 0 Å². The van der Waals surface area contributed by atoms with E-state index in [1.54, 1.807) is 0 Å². The molecule has 0 spiro atoms. The number of ether oxygens (including phenoxy) is 2. The Balaban J connectivity index is 1.79. The second-order valence-corrected chi connectivity index (χ2v) is 6.05. The zero-order valence-electron chi connectivity index (χ0n) is 11.7. The van der Waals surface area contributed by atoms with Gasteiger partial charge in [-0.1, -0.05) is 32.9 Å². The molecule has 0 aliphatic carbocycles. The molecule has 0 N–H and O–H groups in total. The lowest BCUT2D eigenvalue weighted by Crippen LogP contribution is -2.12. The minimum absolute atomic E-state index is 0.205. The van der Waals surface area contributed by atoms with E-state index in [0.29, 0.717) is 6.10 Å². The predicted molar refractivity (Wildman–Crippen MR) is 74.2 cm³/mol. The Labute approximate surface area is 110 Å². The van der Waals surface area contributed by atoms with E-state index in [1.807, 2.05) is 0 Å². The van der Waals surface area contributed by atoms with Gasteiger partial charge < -0.3 is 9.47 Å². The first-order chi connectivity index (χ1) is 8.55. The van der Waals surface area contributed by atoms with Crippen molar-refractivity contribution in [2.45, 2.75) is 51.6 Å². The van der Waals surface area contributed by atoms with Crippen LogP contribution < -0.4 is 4.74 Å². The van der Waals surface area contributed by atoms with E-state index in [1.165, 1.54) is 18.4 Å². The summed E-state index contributed by atoms with van der Waals surface area (Å²) in [5.41, 5.74) is 1.55. The van der Waals surface area contributed by atoms with Gasteiger partial charge in [0, 0.05) is 13.0 Å². The predicted octanol–water partition coefficient (Wildman–Crippen LogP) is 3.93. The summed E-state index contributed by atoms with van der Waals surface area (Å²) in [7, 11) is 0. The van der Waals surface area contributed by atoms with Crippen molar-refractivity contribution >= 4 is 0 Å².